The van der Waals surface area contributed by atoms with E-state index in [1.807, 2.05) is 0 Å². The Bertz CT molecular complexity index is 580. The maximum atomic E-state index is 11.6. The van der Waals surface area contributed by atoms with Gasteiger partial charge in [-0.05, 0) is 6.92 Å². The van der Waals surface area contributed by atoms with E-state index >= 15 is 0 Å². The lowest BCUT2D eigenvalue weighted by atomic mass is 10.3. The van der Waals surface area contributed by atoms with Crippen molar-refractivity contribution in [3.05, 3.63) is 11.1 Å². The minimum Gasteiger partial charge on any atom is -0.469 e. The Morgan fingerprint density at radius 1 is 1.40 bits per heavy atom. The molecule has 0 unspecified atom stereocenters. The van der Waals surface area contributed by atoms with Crippen molar-refractivity contribution in [1.29, 1.82) is 0 Å². The molecule has 1 rings (SSSR count). The van der Waals surface area contributed by atoms with Crippen LogP contribution in [0.5, 0.6) is 0 Å². The zero-order chi connectivity index (χ0) is 15.2. The highest BCUT2D eigenvalue weighted by Crippen LogP contribution is 2.17. The Morgan fingerprint density at radius 3 is 2.70 bits per heavy atom. The third-order valence-electron chi connectivity index (χ3n) is 1.96. The normalized spacial score (nSPS) is 10.9. The van der Waals surface area contributed by atoms with E-state index in [9.17, 15) is 18.0 Å². The van der Waals surface area contributed by atoms with Crippen molar-refractivity contribution in [2.24, 2.45) is 0 Å². The standard InChI is InChI=1S/C10H14N2O6S2/c1-3-18-9(14)6-20(15,16)12-10-11-7(5-19-10)4-8(13)17-2/h5H,3-4,6H2,1-2H3,(H,11,12). The van der Waals surface area contributed by atoms with Gasteiger partial charge in [-0.2, -0.15) is 0 Å². The molecule has 1 aromatic heterocycles. The van der Waals surface area contributed by atoms with Crippen molar-refractivity contribution >= 4 is 38.4 Å². The predicted molar refractivity (Wildman–Crippen MR) is 71.9 cm³/mol. The van der Waals surface area contributed by atoms with Crippen molar-refractivity contribution in [2.45, 2.75) is 13.3 Å². The summed E-state index contributed by atoms with van der Waals surface area (Å²) in [6.45, 7) is 1.69. The second-order valence-corrected chi connectivity index (χ2v) is 6.14. The number of rotatable bonds is 7. The van der Waals surface area contributed by atoms with Crippen LogP contribution in [-0.2, 0) is 35.5 Å². The SMILES string of the molecule is CCOC(=O)CS(=O)(=O)Nc1nc(CC(=O)OC)cs1. The fourth-order valence-corrected chi connectivity index (χ4v) is 3.09. The molecule has 0 spiro atoms. The summed E-state index contributed by atoms with van der Waals surface area (Å²) < 4.78 is 34.4. The van der Waals surface area contributed by atoms with Crippen LogP contribution in [0.2, 0.25) is 0 Å². The van der Waals surface area contributed by atoms with E-state index in [-0.39, 0.29) is 18.2 Å². The maximum Gasteiger partial charge on any atom is 0.323 e. The number of anilines is 1. The Morgan fingerprint density at radius 2 is 2.10 bits per heavy atom. The number of nitrogens with zero attached hydrogens (tertiary/aromatic N) is 1. The number of carbonyl (C=O) groups excluding carboxylic acids is 2. The molecule has 8 nitrogen and oxygen atoms in total. The van der Waals surface area contributed by atoms with E-state index in [4.69, 9.17) is 0 Å². The number of nitrogens with one attached hydrogen (secondary N) is 1. The van der Waals surface area contributed by atoms with Crippen LogP contribution in [0.4, 0.5) is 5.13 Å². The number of hydrogen-bond acceptors (Lipinski definition) is 8. The van der Waals surface area contributed by atoms with Gasteiger partial charge >= 0.3 is 11.9 Å². The molecule has 0 atom stereocenters. The van der Waals surface area contributed by atoms with Gasteiger partial charge in [-0.15, -0.1) is 11.3 Å². The van der Waals surface area contributed by atoms with E-state index in [1.54, 1.807) is 6.92 Å². The molecular formula is C10H14N2O6S2. The third kappa shape index (κ3) is 5.53. The van der Waals surface area contributed by atoms with Crippen molar-refractivity contribution in [3.8, 4) is 0 Å². The molecule has 1 N–H and O–H groups in total. The molecule has 0 aliphatic rings. The first kappa shape index (κ1) is 16.4. The molecule has 0 bridgehead atoms. The number of sulfonamides is 1. The zero-order valence-electron chi connectivity index (χ0n) is 10.9. The zero-order valence-corrected chi connectivity index (χ0v) is 12.5. The van der Waals surface area contributed by atoms with Crippen molar-refractivity contribution in [1.82, 2.24) is 4.98 Å². The first-order valence-electron chi connectivity index (χ1n) is 5.53. The van der Waals surface area contributed by atoms with Crippen LogP contribution in [0.15, 0.2) is 5.38 Å². The lowest BCUT2D eigenvalue weighted by Crippen LogP contribution is -2.24. The molecule has 0 saturated heterocycles. The second-order valence-electron chi connectivity index (χ2n) is 3.56. The van der Waals surface area contributed by atoms with Crippen LogP contribution in [0.1, 0.15) is 12.6 Å². The van der Waals surface area contributed by atoms with Gasteiger partial charge in [0, 0.05) is 5.38 Å². The second kappa shape index (κ2) is 7.20. The molecule has 10 heteroatoms. The highest BCUT2D eigenvalue weighted by atomic mass is 32.2. The average molecular weight is 322 g/mol. The first-order valence-corrected chi connectivity index (χ1v) is 8.06. The highest BCUT2D eigenvalue weighted by molar-refractivity contribution is 7.93. The molecule has 0 radical (unpaired) electrons. The van der Waals surface area contributed by atoms with E-state index in [1.165, 1.54) is 12.5 Å². The molecule has 0 aromatic carbocycles. The molecule has 0 aliphatic heterocycles. The summed E-state index contributed by atoms with van der Waals surface area (Å²) in [4.78, 5) is 26.1. The molecule has 0 aliphatic carbocycles. The molecule has 20 heavy (non-hydrogen) atoms. The van der Waals surface area contributed by atoms with E-state index in [0.29, 0.717) is 5.69 Å². The third-order valence-corrected chi connectivity index (χ3v) is 4.02. The van der Waals surface area contributed by atoms with Crippen LogP contribution >= 0.6 is 11.3 Å². The fourth-order valence-electron chi connectivity index (χ4n) is 1.18. The molecule has 0 saturated carbocycles. The van der Waals surface area contributed by atoms with Crippen LogP contribution in [0, 0.1) is 0 Å². The number of hydrogen-bond donors (Lipinski definition) is 1. The van der Waals surface area contributed by atoms with E-state index in [0.717, 1.165) is 11.3 Å². The van der Waals surface area contributed by atoms with Crippen LogP contribution < -0.4 is 4.72 Å². The molecule has 112 valence electrons. The number of carbonyl (C=O) groups is 2. The van der Waals surface area contributed by atoms with Gasteiger partial charge in [0.1, 0.15) is 0 Å². The molecule has 1 aromatic rings. The number of aromatic nitrogens is 1. The van der Waals surface area contributed by atoms with Crippen molar-refractivity contribution < 1.29 is 27.5 Å². The van der Waals surface area contributed by atoms with E-state index < -0.39 is 27.7 Å². The lowest BCUT2D eigenvalue weighted by Gasteiger charge is -2.04. The fraction of sp³-hybridized carbons (Fsp3) is 0.500. The molecule has 1 heterocycles. The van der Waals surface area contributed by atoms with Crippen molar-refractivity contribution in [3.63, 3.8) is 0 Å². The Hall–Kier alpha value is -1.68. The number of esters is 2. The molecule has 0 fully saturated rings. The van der Waals surface area contributed by atoms with Gasteiger partial charge < -0.3 is 9.47 Å². The number of methoxy groups -OCH3 is 1. The molecular weight excluding hydrogens is 308 g/mol. The van der Waals surface area contributed by atoms with Crippen LogP contribution in [0.25, 0.3) is 0 Å². The lowest BCUT2D eigenvalue weighted by molar-refractivity contribution is -0.140. The van der Waals surface area contributed by atoms with Gasteiger partial charge in [0.25, 0.3) is 0 Å². The van der Waals surface area contributed by atoms with Gasteiger partial charge in [-0.25, -0.2) is 13.4 Å². The van der Waals surface area contributed by atoms with Gasteiger partial charge in [0.2, 0.25) is 10.0 Å². The van der Waals surface area contributed by atoms with Gasteiger partial charge in [0.05, 0.1) is 25.8 Å². The predicted octanol–water partition coefficient (Wildman–Crippen LogP) is 0.163. The Labute approximate surface area is 120 Å². The summed E-state index contributed by atoms with van der Waals surface area (Å²) in [5.41, 5.74) is 0.385. The van der Waals surface area contributed by atoms with Crippen LogP contribution in [-0.4, -0.2) is 44.8 Å². The average Bonchev–Trinajstić information content (AvgIpc) is 2.74. The summed E-state index contributed by atoms with van der Waals surface area (Å²) in [6.07, 6.45) is -0.0490. The van der Waals surface area contributed by atoms with Crippen LogP contribution in [0.3, 0.4) is 0 Å². The minimum atomic E-state index is -3.87. The summed E-state index contributed by atoms with van der Waals surface area (Å²) in [5, 5.41) is 1.60. The molecule has 0 amide bonds. The van der Waals surface area contributed by atoms with E-state index in [2.05, 4.69) is 19.2 Å². The monoisotopic (exact) mass is 322 g/mol. The summed E-state index contributed by atoms with van der Waals surface area (Å²) in [5.74, 6) is -2.10. The first-order chi connectivity index (χ1) is 9.36. The summed E-state index contributed by atoms with van der Waals surface area (Å²) >= 11 is 1.01. The largest absolute Gasteiger partial charge is 0.469 e. The summed E-state index contributed by atoms with van der Waals surface area (Å²) in [6, 6.07) is 0. The maximum absolute atomic E-state index is 11.6. The Kier molecular flexibility index (Phi) is 5.89. The quantitative estimate of drug-likeness (QED) is 0.712. The number of ether oxygens (including phenoxy) is 2. The number of thiazole rings is 1. The van der Waals surface area contributed by atoms with Crippen molar-refractivity contribution in [2.75, 3.05) is 24.2 Å². The van der Waals surface area contributed by atoms with Gasteiger partial charge in [0.15, 0.2) is 10.9 Å². The Balaban J connectivity index is 2.64. The smallest absolute Gasteiger partial charge is 0.323 e. The van der Waals surface area contributed by atoms with Gasteiger partial charge in [-0.1, -0.05) is 0 Å². The topological polar surface area (TPSA) is 112 Å². The highest BCUT2D eigenvalue weighted by Gasteiger charge is 2.19. The van der Waals surface area contributed by atoms with Gasteiger partial charge in [-0.3, -0.25) is 14.3 Å². The summed E-state index contributed by atoms with van der Waals surface area (Å²) in [7, 11) is -2.62. The minimum absolute atomic E-state index is 0.0490.